The molecule has 0 fully saturated rings. The molecule has 74 valence electrons. The summed E-state index contributed by atoms with van der Waals surface area (Å²) in [6.07, 6.45) is 0. The predicted molar refractivity (Wildman–Crippen MR) is 48.5 cm³/mol. The van der Waals surface area contributed by atoms with Gasteiger partial charge in [0.25, 0.3) is 0 Å². The highest BCUT2D eigenvalue weighted by molar-refractivity contribution is 5.97. The SMILES string of the molecule is COc1cc(C(N)=O)cc(C(=O)O)c1. The van der Waals surface area contributed by atoms with Crippen LogP contribution >= 0.6 is 0 Å². The zero-order valence-corrected chi connectivity index (χ0v) is 7.48. The van der Waals surface area contributed by atoms with E-state index < -0.39 is 11.9 Å². The summed E-state index contributed by atoms with van der Waals surface area (Å²) in [5, 5.41) is 8.70. The Kier molecular flexibility index (Phi) is 2.71. The van der Waals surface area contributed by atoms with Crippen molar-refractivity contribution in [2.45, 2.75) is 0 Å². The Bertz CT molecular complexity index is 354. The molecule has 1 amide bonds. The minimum Gasteiger partial charge on any atom is -0.497 e. The highest BCUT2D eigenvalue weighted by atomic mass is 16.5. The van der Waals surface area contributed by atoms with Crippen molar-refractivity contribution >= 4 is 11.9 Å². The van der Waals surface area contributed by atoms with Crippen LogP contribution in [0, 0.1) is 0 Å². The first kappa shape index (κ1) is 10.0. The van der Waals surface area contributed by atoms with Gasteiger partial charge in [0, 0.05) is 5.56 Å². The Morgan fingerprint density at radius 3 is 2.29 bits per heavy atom. The smallest absolute Gasteiger partial charge is 0.335 e. The molecule has 0 atom stereocenters. The second-order valence-corrected chi connectivity index (χ2v) is 2.62. The lowest BCUT2D eigenvalue weighted by molar-refractivity contribution is 0.0696. The van der Waals surface area contributed by atoms with Crippen LogP contribution in [-0.2, 0) is 0 Å². The van der Waals surface area contributed by atoms with Crippen LogP contribution in [0.15, 0.2) is 18.2 Å². The van der Waals surface area contributed by atoms with Gasteiger partial charge in [-0.25, -0.2) is 4.79 Å². The lowest BCUT2D eigenvalue weighted by Crippen LogP contribution is -2.12. The van der Waals surface area contributed by atoms with Gasteiger partial charge in [0.1, 0.15) is 5.75 Å². The number of aromatic carboxylic acids is 1. The first-order valence-corrected chi connectivity index (χ1v) is 3.76. The number of carbonyl (C=O) groups is 2. The monoisotopic (exact) mass is 195 g/mol. The molecule has 0 bridgehead atoms. The van der Waals surface area contributed by atoms with Crippen LogP contribution in [0.2, 0.25) is 0 Å². The minimum atomic E-state index is -1.13. The highest BCUT2D eigenvalue weighted by Crippen LogP contribution is 2.16. The summed E-state index contributed by atoms with van der Waals surface area (Å²) in [4.78, 5) is 21.5. The van der Waals surface area contributed by atoms with Gasteiger partial charge < -0.3 is 15.6 Å². The van der Waals surface area contributed by atoms with Gasteiger partial charge in [-0.3, -0.25) is 4.79 Å². The molecule has 5 heteroatoms. The van der Waals surface area contributed by atoms with Gasteiger partial charge in [0.2, 0.25) is 5.91 Å². The Hall–Kier alpha value is -2.04. The van der Waals surface area contributed by atoms with Crippen molar-refractivity contribution in [2.75, 3.05) is 7.11 Å². The van der Waals surface area contributed by atoms with Gasteiger partial charge in [0.05, 0.1) is 12.7 Å². The molecule has 0 radical (unpaired) electrons. The van der Waals surface area contributed by atoms with Gasteiger partial charge in [0.15, 0.2) is 0 Å². The number of rotatable bonds is 3. The summed E-state index contributed by atoms with van der Waals surface area (Å²) >= 11 is 0. The fraction of sp³-hybridized carbons (Fsp3) is 0.111. The van der Waals surface area contributed by atoms with Crippen LogP contribution in [0.1, 0.15) is 20.7 Å². The lowest BCUT2D eigenvalue weighted by Gasteiger charge is -2.03. The van der Waals surface area contributed by atoms with Crippen LogP contribution in [0.3, 0.4) is 0 Å². The number of ether oxygens (including phenoxy) is 1. The third-order valence-electron chi connectivity index (χ3n) is 1.67. The summed E-state index contributed by atoms with van der Waals surface area (Å²) in [7, 11) is 1.38. The number of hydrogen-bond donors (Lipinski definition) is 2. The maximum absolute atomic E-state index is 10.8. The number of carbonyl (C=O) groups excluding carboxylic acids is 1. The molecule has 0 aliphatic carbocycles. The van der Waals surface area contributed by atoms with E-state index in [1.54, 1.807) is 0 Å². The number of carboxylic acids is 1. The molecular weight excluding hydrogens is 186 g/mol. The topological polar surface area (TPSA) is 89.6 Å². The molecular formula is C9H9NO4. The van der Waals surface area contributed by atoms with Crippen LogP contribution in [0.25, 0.3) is 0 Å². The summed E-state index contributed by atoms with van der Waals surface area (Å²) in [5.74, 6) is -1.53. The van der Waals surface area contributed by atoms with Gasteiger partial charge in [-0.1, -0.05) is 0 Å². The van der Waals surface area contributed by atoms with Crippen molar-refractivity contribution in [3.05, 3.63) is 29.3 Å². The molecule has 3 N–H and O–H groups in total. The fourth-order valence-electron chi connectivity index (χ4n) is 0.983. The largest absolute Gasteiger partial charge is 0.497 e. The summed E-state index contributed by atoms with van der Waals surface area (Å²) < 4.78 is 4.82. The average molecular weight is 195 g/mol. The van der Waals surface area contributed by atoms with Crippen LogP contribution in [0.5, 0.6) is 5.75 Å². The van der Waals surface area contributed by atoms with Gasteiger partial charge in [-0.05, 0) is 18.2 Å². The number of primary amides is 1. The van der Waals surface area contributed by atoms with E-state index in [9.17, 15) is 9.59 Å². The van der Waals surface area contributed by atoms with Crippen molar-refractivity contribution in [1.29, 1.82) is 0 Å². The number of nitrogens with two attached hydrogens (primary N) is 1. The minimum absolute atomic E-state index is 0.0295. The molecule has 1 aromatic carbocycles. The quantitative estimate of drug-likeness (QED) is 0.734. The van der Waals surface area contributed by atoms with Crippen LogP contribution in [-0.4, -0.2) is 24.1 Å². The zero-order chi connectivity index (χ0) is 10.7. The summed E-state index contributed by atoms with van der Waals surface area (Å²) in [6, 6.07) is 3.90. The molecule has 0 aliphatic rings. The number of methoxy groups -OCH3 is 1. The first-order valence-electron chi connectivity index (χ1n) is 3.76. The molecule has 1 rings (SSSR count). The van der Waals surface area contributed by atoms with E-state index in [4.69, 9.17) is 15.6 Å². The van der Waals surface area contributed by atoms with Gasteiger partial charge in [-0.2, -0.15) is 0 Å². The summed E-state index contributed by atoms with van der Waals surface area (Å²) in [5.41, 5.74) is 5.10. The van der Waals surface area contributed by atoms with E-state index in [1.165, 1.54) is 25.3 Å². The molecule has 1 aromatic rings. The first-order chi connectivity index (χ1) is 6.54. The standard InChI is InChI=1S/C9H9NO4/c1-14-7-3-5(8(10)11)2-6(4-7)9(12)13/h2-4H,1H3,(H2,10,11)(H,12,13). The normalized spacial score (nSPS) is 9.50. The molecule has 5 nitrogen and oxygen atoms in total. The van der Waals surface area contributed by atoms with Crippen molar-refractivity contribution in [2.24, 2.45) is 5.73 Å². The molecule has 0 heterocycles. The van der Waals surface area contributed by atoms with Crippen LogP contribution in [0.4, 0.5) is 0 Å². The van der Waals surface area contributed by atoms with Crippen molar-refractivity contribution in [3.63, 3.8) is 0 Å². The van der Waals surface area contributed by atoms with Crippen molar-refractivity contribution in [3.8, 4) is 5.75 Å². The second-order valence-electron chi connectivity index (χ2n) is 2.62. The maximum Gasteiger partial charge on any atom is 0.335 e. The molecule has 0 aromatic heterocycles. The van der Waals surface area contributed by atoms with Gasteiger partial charge in [-0.15, -0.1) is 0 Å². The Balaban J connectivity index is 3.27. The van der Waals surface area contributed by atoms with E-state index >= 15 is 0 Å². The van der Waals surface area contributed by atoms with E-state index in [1.807, 2.05) is 0 Å². The fourth-order valence-corrected chi connectivity index (χ4v) is 0.983. The number of benzene rings is 1. The van der Waals surface area contributed by atoms with Gasteiger partial charge >= 0.3 is 5.97 Å². The molecule has 14 heavy (non-hydrogen) atoms. The number of amides is 1. The third-order valence-corrected chi connectivity index (χ3v) is 1.67. The molecule has 0 unspecified atom stereocenters. The zero-order valence-electron chi connectivity index (χ0n) is 7.48. The molecule has 0 saturated carbocycles. The Morgan fingerprint density at radius 1 is 1.29 bits per heavy atom. The highest BCUT2D eigenvalue weighted by Gasteiger charge is 2.09. The average Bonchev–Trinajstić information content (AvgIpc) is 2.16. The van der Waals surface area contributed by atoms with E-state index in [2.05, 4.69) is 0 Å². The second kappa shape index (κ2) is 3.78. The predicted octanol–water partition coefficient (Wildman–Crippen LogP) is 0.492. The molecule has 0 aliphatic heterocycles. The summed E-state index contributed by atoms with van der Waals surface area (Å²) in [6.45, 7) is 0. The van der Waals surface area contributed by atoms with E-state index in [0.29, 0.717) is 5.75 Å². The Morgan fingerprint density at radius 2 is 1.86 bits per heavy atom. The number of hydrogen-bond acceptors (Lipinski definition) is 3. The maximum atomic E-state index is 10.8. The molecule has 0 spiro atoms. The van der Waals surface area contributed by atoms with Crippen LogP contribution < -0.4 is 10.5 Å². The van der Waals surface area contributed by atoms with E-state index in [-0.39, 0.29) is 11.1 Å². The van der Waals surface area contributed by atoms with Crippen molar-refractivity contribution < 1.29 is 19.4 Å². The molecule has 0 saturated heterocycles. The van der Waals surface area contributed by atoms with E-state index in [0.717, 1.165) is 0 Å². The van der Waals surface area contributed by atoms with Crippen molar-refractivity contribution in [1.82, 2.24) is 0 Å². The Labute approximate surface area is 80.1 Å². The number of carboxylic acid groups (broad SMARTS) is 1. The lowest BCUT2D eigenvalue weighted by atomic mass is 10.1. The third kappa shape index (κ3) is 2.01.